The standard InChI is InChI=1S/C26H27N3O3S2/c1-5-29-23-14-11-19(17(2)3)16-24(23)33-26(29)27-25(30)20-7-6-8-21(15-20)28-34(31,32)22-12-9-18(4)10-13-22/h6-17,28H,5H2,1-4H3. The van der Waals surface area contributed by atoms with E-state index in [9.17, 15) is 13.2 Å². The Balaban J connectivity index is 1.66. The van der Waals surface area contributed by atoms with Crippen molar-refractivity contribution in [3.63, 3.8) is 0 Å². The zero-order chi connectivity index (χ0) is 24.5. The summed E-state index contributed by atoms with van der Waals surface area (Å²) >= 11 is 1.48. The highest BCUT2D eigenvalue weighted by Crippen LogP contribution is 2.24. The molecule has 0 aliphatic rings. The van der Waals surface area contributed by atoms with E-state index >= 15 is 0 Å². The first-order valence-electron chi connectivity index (χ1n) is 11.1. The Bertz CT molecular complexity index is 1530. The molecule has 34 heavy (non-hydrogen) atoms. The lowest BCUT2D eigenvalue weighted by Crippen LogP contribution is -2.16. The van der Waals surface area contributed by atoms with Crippen molar-refractivity contribution in [2.75, 3.05) is 4.72 Å². The van der Waals surface area contributed by atoms with Gasteiger partial charge in [-0.1, -0.05) is 55.0 Å². The number of sulfonamides is 1. The molecule has 0 unspecified atom stereocenters. The monoisotopic (exact) mass is 493 g/mol. The number of amides is 1. The van der Waals surface area contributed by atoms with Crippen molar-refractivity contribution in [2.24, 2.45) is 4.99 Å². The second kappa shape index (κ2) is 9.56. The maximum atomic E-state index is 13.0. The lowest BCUT2D eigenvalue weighted by molar-refractivity contribution is 0.0998. The number of benzene rings is 3. The van der Waals surface area contributed by atoms with Gasteiger partial charge in [0, 0.05) is 17.8 Å². The predicted molar refractivity (Wildman–Crippen MR) is 138 cm³/mol. The maximum Gasteiger partial charge on any atom is 0.279 e. The lowest BCUT2D eigenvalue weighted by atomic mass is 10.0. The van der Waals surface area contributed by atoms with Gasteiger partial charge in [-0.2, -0.15) is 4.99 Å². The van der Waals surface area contributed by atoms with E-state index < -0.39 is 15.9 Å². The number of rotatable bonds is 6. The highest BCUT2D eigenvalue weighted by Gasteiger charge is 2.15. The fourth-order valence-electron chi connectivity index (χ4n) is 3.64. The fraction of sp³-hybridized carbons (Fsp3) is 0.231. The van der Waals surface area contributed by atoms with Crippen LogP contribution in [0.2, 0.25) is 0 Å². The maximum absolute atomic E-state index is 13.0. The summed E-state index contributed by atoms with van der Waals surface area (Å²) in [4.78, 5) is 18.2. The third-order valence-corrected chi connectivity index (χ3v) is 8.02. The van der Waals surface area contributed by atoms with Crippen molar-refractivity contribution in [2.45, 2.75) is 45.1 Å². The molecular formula is C26H27N3O3S2. The van der Waals surface area contributed by atoms with Crippen molar-refractivity contribution in [1.82, 2.24) is 4.57 Å². The number of nitrogens with one attached hydrogen (secondary N) is 1. The summed E-state index contributed by atoms with van der Waals surface area (Å²) in [6.07, 6.45) is 0. The van der Waals surface area contributed by atoms with Crippen LogP contribution < -0.4 is 9.52 Å². The molecular weight excluding hydrogens is 466 g/mol. The van der Waals surface area contributed by atoms with E-state index in [0.717, 1.165) is 15.8 Å². The zero-order valence-electron chi connectivity index (χ0n) is 19.6. The number of aryl methyl sites for hydroxylation is 2. The van der Waals surface area contributed by atoms with Crippen LogP contribution >= 0.6 is 11.3 Å². The molecule has 1 aromatic heterocycles. The normalized spacial score (nSPS) is 12.4. The number of carbonyl (C=O) groups is 1. The van der Waals surface area contributed by atoms with E-state index in [4.69, 9.17) is 0 Å². The van der Waals surface area contributed by atoms with Crippen molar-refractivity contribution in [3.05, 3.63) is 88.2 Å². The van der Waals surface area contributed by atoms with E-state index in [1.165, 1.54) is 23.0 Å². The first kappa shape index (κ1) is 23.9. The summed E-state index contributed by atoms with van der Waals surface area (Å²) < 4.78 is 31.1. The molecule has 6 nitrogen and oxygen atoms in total. The smallest absolute Gasteiger partial charge is 0.279 e. The van der Waals surface area contributed by atoms with Gasteiger partial charge in [-0.3, -0.25) is 9.52 Å². The number of hydrogen-bond donors (Lipinski definition) is 1. The summed E-state index contributed by atoms with van der Waals surface area (Å²) in [6.45, 7) is 8.90. The average molecular weight is 494 g/mol. The van der Waals surface area contributed by atoms with Crippen LogP contribution in [0.25, 0.3) is 10.2 Å². The minimum Gasteiger partial charge on any atom is -0.317 e. The van der Waals surface area contributed by atoms with Crippen LogP contribution in [0, 0.1) is 6.92 Å². The molecule has 3 aromatic carbocycles. The van der Waals surface area contributed by atoms with Gasteiger partial charge in [0.1, 0.15) is 0 Å². The molecule has 176 valence electrons. The van der Waals surface area contributed by atoms with Crippen molar-refractivity contribution in [1.29, 1.82) is 0 Å². The molecule has 1 heterocycles. The Morgan fingerprint density at radius 1 is 1.06 bits per heavy atom. The van der Waals surface area contributed by atoms with Crippen molar-refractivity contribution in [3.8, 4) is 0 Å². The van der Waals surface area contributed by atoms with Gasteiger partial charge < -0.3 is 4.57 Å². The van der Waals surface area contributed by atoms with Crippen LogP contribution in [0.1, 0.15) is 48.2 Å². The Kier molecular flexibility index (Phi) is 6.72. The number of anilines is 1. The highest BCUT2D eigenvalue weighted by atomic mass is 32.2. The molecule has 0 aliphatic carbocycles. The van der Waals surface area contributed by atoms with Crippen LogP contribution in [0.3, 0.4) is 0 Å². The second-order valence-electron chi connectivity index (χ2n) is 8.43. The first-order valence-corrected chi connectivity index (χ1v) is 13.4. The third-order valence-electron chi connectivity index (χ3n) is 5.58. The lowest BCUT2D eigenvalue weighted by Gasteiger charge is -2.09. The third kappa shape index (κ3) is 4.98. The van der Waals surface area contributed by atoms with Crippen LogP contribution in [-0.2, 0) is 16.6 Å². The number of thiazole rings is 1. The number of aromatic nitrogens is 1. The molecule has 0 saturated carbocycles. The predicted octanol–water partition coefficient (Wildman–Crippen LogP) is 5.70. The molecule has 8 heteroatoms. The largest absolute Gasteiger partial charge is 0.317 e. The minimum atomic E-state index is -3.76. The van der Waals surface area contributed by atoms with E-state index in [2.05, 4.69) is 41.8 Å². The topological polar surface area (TPSA) is 80.5 Å². The molecule has 0 atom stereocenters. The van der Waals surface area contributed by atoms with Crippen molar-refractivity contribution >= 4 is 43.2 Å². The van der Waals surface area contributed by atoms with Gasteiger partial charge in [0.25, 0.3) is 15.9 Å². The summed E-state index contributed by atoms with van der Waals surface area (Å²) in [7, 11) is -3.76. The van der Waals surface area contributed by atoms with E-state index in [1.807, 2.05) is 18.4 Å². The SMILES string of the molecule is CCn1c(=NC(=O)c2cccc(NS(=O)(=O)c3ccc(C)cc3)c2)sc2cc(C(C)C)ccc21. The van der Waals surface area contributed by atoms with Gasteiger partial charge in [-0.25, -0.2) is 8.42 Å². The number of carbonyl (C=O) groups excluding carboxylic acids is 1. The minimum absolute atomic E-state index is 0.162. The Labute approximate surface area is 203 Å². The van der Waals surface area contributed by atoms with Gasteiger partial charge in [0.2, 0.25) is 0 Å². The molecule has 0 fully saturated rings. The zero-order valence-corrected chi connectivity index (χ0v) is 21.2. The number of fused-ring (bicyclic) bond motifs is 1. The molecule has 0 bridgehead atoms. The summed E-state index contributed by atoms with van der Waals surface area (Å²) in [5.74, 6) is -0.00996. The van der Waals surface area contributed by atoms with E-state index in [1.54, 1.807) is 42.5 Å². The molecule has 1 N–H and O–H groups in total. The molecule has 0 spiro atoms. The van der Waals surface area contributed by atoms with Crippen LogP contribution in [0.5, 0.6) is 0 Å². The summed E-state index contributed by atoms with van der Waals surface area (Å²) in [5, 5.41) is 0. The molecule has 0 saturated heterocycles. The van der Waals surface area contributed by atoms with Gasteiger partial charge in [-0.05, 0) is 67.8 Å². The second-order valence-corrected chi connectivity index (χ2v) is 11.1. The Morgan fingerprint density at radius 3 is 2.47 bits per heavy atom. The fourth-order valence-corrected chi connectivity index (χ4v) is 5.83. The van der Waals surface area contributed by atoms with Gasteiger partial charge in [0.05, 0.1) is 15.1 Å². The average Bonchev–Trinajstić information content (AvgIpc) is 3.15. The number of hydrogen-bond acceptors (Lipinski definition) is 4. The quantitative estimate of drug-likeness (QED) is 0.374. The number of nitrogens with zero attached hydrogens (tertiary/aromatic N) is 2. The van der Waals surface area contributed by atoms with Crippen LogP contribution in [-0.4, -0.2) is 18.9 Å². The first-order chi connectivity index (χ1) is 16.2. The summed E-state index contributed by atoms with van der Waals surface area (Å²) in [6, 6.07) is 19.3. The molecule has 1 amide bonds. The van der Waals surface area contributed by atoms with Gasteiger partial charge in [0.15, 0.2) is 4.80 Å². The highest BCUT2D eigenvalue weighted by molar-refractivity contribution is 7.92. The Hall–Kier alpha value is -3.23. The van der Waals surface area contributed by atoms with Crippen LogP contribution in [0.15, 0.2) is 76.6 Å². The van der Waals surface area contributed by atoms with Gasteiger partial charge >= 0.3 is 0 Å². The van der Waals surface area contributed by atoms with Gasteiger partial charge in [-0.15, -0.1) is 0 Å². The summed E-state index contributed by atoms with van der Waals surface area (Å²) in [5.41, 5.74) is 3.88. The molecule has 0 aliphatic heterocycles. The Morgan fingerprint density at radius 2 is 1.79 bits per heavy atom. The van der Waals surface area contributed by atoms with Crippen molar-refractivity contribution < 1.29 is 13.2 Å². The van der Waals surface area contributed by atoms with E-state index in [-0.39, 0.29) is 4.90 Å². The van der Waals surface area contributed by atoms with Crippen LogP contribution in [0.4, 0.5) is 5.69 Å². The molecule has 4 aromatic rings. The molecule has 0 radical (unpaired) electrons. The molecule has 4 rings (SSSR count). The van der Waals surface area contributed by atoms with E-state index in [0.29, 0.717) is 28.5 Å².